The van der Waals surface area contributed by atoms with E-state index in [9.17, 15) is 22.8 Å². The summed E-state index contributed by atoms with van der Waals surface area (Å²) in [6.45, 7) is 0. The SMILES string of the molecule is O=C(Nc1ccc(F)c(F)c1)c1cc2cc(F)ccc2c(=O)o1. The third kappa shape index (κ3) is 2.94. The smallest absolute Gasteiger partial charge is 0.344 e. The number of anilines is 1. The van der Waals surface area contributed by atoms with Crippen LogP contribution in [0.25, 0.3) is 10.8 Å². The van der Waals surface area contributed by atoms with Crippen molar-refractivity contribution in [3.63, 3.8) is 0 Å². The maximum absolute atomic E-state index is 13.2. The monoisotopic (exact) mass is 319 g/mol. The van der Waals surface area contributed by atoms with Crippen molar-refractivity contribution >= 4 is 22.4 Å². The van der Waals surface area contributed by atoms with E-state index >= 15 is 0 Å². The van der Waals surface area contributed by atoms with Crippen molar-refractivity contribution in [2.45, 2.75) is 0 Å². The topological polar surface area (TPSA) is 59.3 Å². The third-order valence-corrected chi connectivity index (χ3v) is 3.12. The number of hydrogen-bond donors (Lipinski definition) is 1. The Morgan fingerprint density at radius 3 is 2.48 bits per heavy atom. The van der Waals surface area contributed by atoms with Crippen LogP contribution in [0, 0.1) is 17.5 Å². The van der Waals surface area contributed by atoms with Gasteiger partial charge in [0.25, 0.3) is 5.91 Å². The van der Waals surface area contributed by atoms with E-state index in [1.165, 1.54) is 12.1 Å². The summed E-state index contributed by atoms with van der Waals surface area (Å²) in [5.74, 6) is -3.99. The Labute approximate surface area is 127 Å². The molecule has 0 spiro atoms. The second-order valence-corrected chi connectivity index (χ2v) is 4.71. The Morgan fingerprint density at radius 1 is 0.957 bits per heavy atom. The number of rotatable bonds is 2. The Kier molecular flexibility index (Phi) is 3.61. The van der Waals surface area contributed by atoms with Crippen molar-refractivity contribution < 1.29 is 22.4 Å². The lowest BCUT2D eigenvalue weighted by atomic mass is 10.1. The van der Waals surface area contributed by atoms with Gasteiger partial charge >= 0.3 is 5.63 Å². The Hall–Kier alpha value is -3.09. The molecule has 23 heavy (non-hydrogen) atoms. The zero-order valence-corrected chi connectivity index (χ0v) is 11.4. The molecule has 3 aromatic rings. The summed E-state index contributed by atoms with van der Waals surface area (Å²) in [5, 5.41) is 2.57. The van der Waals surface area contributed by atoms with E-state index in [4.69, 9.17) is 4.42 Å². The number of nitrogens with one attached hydrogen (secondary N) is 1. The minimum absolute atomic E-state index is 0.0177. The molecule has 7 heteroatoms. The standard InChI is InChI=1S/C16H8F3NO3/c17-9-1-3-11-8(5-9)6-14(23-16(11)22)15(21)20-10-2-4-12(18)13(19)7-10/h1-7H,(H,20,21). The number of hydrogen-bond acceptors (Lipinski definition) is 3. The lowest BCUT2D eigenvalue weighted by Gasteiger charge is -2.05. The lowest BCUT2D eigenvalue weighted by molar-refractivity contribution is 0.0993. The van der Waals surface area contributed by atoms with Gasteiger partial charge in [0, 0.05) is 11.8 Å². The van der Waals surface area contributed by atoms with Crippen molar-refractivity contribution in [2.75, 3.05) is 5.32 Å². The minimum atomic E-state index is -1.13. The number of amides is 1. The zero-order valence-electron chi connectivity index (χ0n) is 11.4. The molecule has 116 valence electrons. The first-order valence-electron chi connectivity index (χ1n) is 6.44. The maximum atomic E-state index is 13.2. The highest BCUT2D eigenvalue weighted by Crippen LogP contribution is 2.17. The number of benzene rings is 2. The Bertz CT molecular complexity index is 982. The van der Waals surface area contributed by atoms with Gasteiger partial charge in [0.1, 0.15) is 5.82 Å². The minimum Gasteiger partial charge on any atom is -0.417 e. The first-order chi connectivity index (χ1) is 10.9. The molecule has 0 unspecified atom stereocenters. The average Bonchev–Trinajstić information content (AvgIpc) is 2.50. The molecule has 3 rings (SSSR count). The zero-order chi connectivity index (χ0) is 16.6. The molecule has 0 fully saturated rings. The lowest BCUT2D eigenvalue weighted by Crippen LogP contribution is -2.15. The molecule has 0 radical (unpaired) electrons. The van der Waals surface area contributed by atoms with E-state index in [0.717, 1.165) is 30.3 Å². The van der Waals surface area contributed by atoms with Gasteiger partial charge in [-0.25, -0.2) is 18.0 Å². The Balaban J connectivity index is 1.97. The highest BCUT2D eigenvalue weighted by atomic mass is 19.2. The fourth-order valence-corrected chi connectivity index (χ4v) is 2.04. The summed E-state index contributed by atoms with van der Waals surface area (Å²) in [6.07, 6.45) is 0. The third-order valence-electron chi connectivity index (χ3n) is 3.12. The van der Waals surface area contributed by atoms with E-state index in [1.54, 1.807) is 0 Å². The fraction of sp³-hybridized carbons (Fsp3) is 0. The Morgan fingerprint density at radius 2 is 1.74 bits per heavy atom. The van der Waals surface area contributed by atoms with Crippen LogP contribution in [-0.2, 0) is 0 Å². The van der Waals surface area contributed by atoms with Crippen molar-refractivity contribution in [3.05, 3.63) is 76.1 Å². The molecule has 1 aromatic heterocycles. The van der Waals surface area contributed by atoms with Crippen molar-refractivity contribution in [1.29, 1.82) is 0 Å². The van der Waals surface area contributed by atoms with Crippen LogP contribution in [0.15, 0.2) is 51.7 Å². The molecule has 2 aromatic carbocycles. The first-order valence-corrected chi connectivity index (χ1v) is 6.44. The second kappa shape index (κ2) is 5.60. The van der Waals surface area contributed by atoms with E-state index < -0.39 is 29.0 Å². The van der Waals surface area contributed by atoms with E-state index in [0.29, 0.717) is 0 Å². The molecule has 1 heterocycles. The van der Waals surface area contributed by atoms with Crippen molar-refractivity contribution in [1.82, 2.24) is 0 Å². The largest absolute Gasteiger partial charge is 0.417 e. The van der Waals surface area contributed by atoms with Crippen LogP contribution in [0.3, 0.4) is 0 Å². The van der Waals surface area contributed by atoms with Crippen molar-refractivity contribution in [3.8, 4) is 0 Å². The van der Waals surface area contributed by atoms with Crippen LogP contribution in [-0.4, -0.2) is 5.91 Å². The molecule has 0 saturated carbocycles. The molecule has 0 atom stereocenters. The summed E-state index contributed by atoms with van der Waals surface area (Å²) >= 11 is 0. The van der Waals surface area contributed by atoms with Crippen LogP contribution in [0.5, 0.6) is 0 Å². The summed E-state index contributed by atoms with van der Waals surface area (Å²) < 4.78 is 44.0. The molecular weight excluding hydrogens is 311 g/mol. The molecule has 0 saturated heterocycles. The van der Waals surface area contributed by atoms with Gasteiger partial charge in [-0.3, -0.25) is 4.79 Å². The summed E-state index contributed by atoms with van der Waals surface area (Å²) in [4.78, 5) is 23.8. The van der Waals surface area contributed by atoms with Gasteiger partial charge in [-0.1, -0.05) is 0 Å². The molecule has 4 nitrogen and oxygen atoms in total. The van der Waals surface area contributed by atoms with Crippen LogP contribution >= 0.6 is 0 Å². The maximum Gasteiger partial charge on any atom is 0.344 e. The van der Waals surface area contributed by atoms with Gasteiger partial charge in [0.05, 0.1) is 5.39 Å². The molecule has 0 aliphatic heterocycles. The normalized spacial score (nSPS) is 10.7. The van der Waals surface area contributed by atoms with Crippen LogP contribution < -0.4 is 10.9 Å². The van der Waals surface area contributed by atoms with Gasteiger partial charge in [0.15, 0.2) is 17.4 Å². The molecule has 0 aliphatic carbocycles. The molecule has 0 aliphatic rings. The van der Waals surface area contributed by atoms with Crippen LogP contribution in [0.2, 0.25) is 0 Å². The van der Waals surface area contributed by atoms with Gasteiger partial charge in [-0.15, -0.1) is 0 Å². The van der Waals surface area contributed by atoms with Crippen LogP contribution in [0.4, 0.5) is 18.9 Å². The van der Waals surface area contributed by atoms with E-state index in [1.807, 2.05) is 0 Å². The number of halogens is 3. The number of fused-ring (bicyclic) bond motifs is 1. The number of carbonyl (C=O) groups is 1. The predicted octanol–water partition coefficient (Wildman–Crippen LogP) is 3.46. The summed E-state index contributed by atoms with van der Waals surface area (Å²) in [5.41, 5.74) is -0.825. The first kappa shape index (κ1) is 14.8. The highest BCUT2D eigenvalue weighted by Gasteiger charge is 2.14. The van der Waals surface area contributed by atoms with Crippen LogP contribution in [0.1, 0.15) is 10.6 Å². The quantitative estimate of drug-likeness (QED) is 0.787. The molecule has 1 N–H and O–H groups in total. The highest BCUT2D eigenvalue weighted by molar-refractivity contribution is 6.03. The molecule has 1 amide bonds. The van der Waals surface area contributed by atoms with Crippen molar-refractivity contribution in [2.24, 2.45) is 0 Å². The molecular formula is C16H8F3NO3. The summed E-state index contributed by atoms with van der Waals surface area (Å²) in [6, 6.07) is 7.39. The number of carbonyl (C=O) groups excluding carboxylic acids is 1. The predicted molar refractivity (Wildman–Crippen MR) is 76.8 cm³/mol. The average molecular weight is 319 g/mol. The molecule has 0 bridgehead atoms. The van der Waals surface area contributed by atoms with Gasteiger partial charge < -0.3 is 9.73 Å². The van der Waals surface area contributed by atoms with E-state index in [-0.39, 0.29) is 22.2 Å². The summed E-state index contributed by atoms with van der Waals surface area (Å²) in [7, 11) is 0. The van der Waals surface area contributed by atoms with Gasteiger partial charge in [-0.05, 0) is 41.8 Å². The second-order valence-electron chi connectivity index (χ2n) is 4.71. The van der Waals surface area contributed by atoms with Gasteiger partial charge in [0.2, 0.25) is 0 Å². The van der Waals surface area contributed by atoms with Gasteiger partial charge in [-0.2, -0.15) is 0 Å². The van der Waals surface area contributed by atoms with E-state index in [2.05, 4.69) is 5.32 Å². The fourth-order valence-electron chi connectivity index (χ4n) is 2.04.